The van der Waals surface area contributed by atoms with Crippen LogP contribution in [0.2, 0.25) is 0 Å². The van der Waals surface area contributed by atoms with Gasteiger partial charge >= 0.3 is 0 Å². The maximum atomic E-state index is 12.8. The molecule has 0 fully saturated rings. The van der Waals surface area contributed by atoms with Gasteiger partial charge in [-0.1, -0.05) is 85.0 Å². The highest BCUT2D eigenvalue weighted by Crippen LogP contribution is 2.35. The number of rotatable bonds is 11. The largest absolute Gasteiger partial charge is 0.395 e. The van der Waals surface area contributed by atoms with Crippen LogP contribution in [0.15, 0.2) is 97.2 Å². The van der Waals surface area contributed by atoms with Gasteiger partial charge in [-0.3, -0.25) is 14.4 Å². The molecule has 40 heavy (non-hydrogen) atoms. The number of nitrogens with zero attached hydrogens (tertiary/aromatic N) is 4. The summed E-state index contributed by atoms with van der Waals surface area (Å²) in [7, 11) is 1.73. The third kappa shape index (κ3) is 6.06. The number of hydrogen-bond donors (Lipinski definition) is 1. The predicted octanol–water partition coefficient (Wildman–Crippen LogP) is 5.98. The second-order valence-corrected chi connectivity index (χ2v) is 10.2. The van der Waals surface area contributed by atoms with Gasteiger partial charge in [-0.25, -0.2) is 0 Å². The second-order valence-electron chi connectivity index (χ2n) is 10.2. The summed E-state index contributed by atoms with van der Waals surface area (Å²) in [5.41, 5.74) is 5.91. The Morgan fingerprint density at radius 1 is 0.975 bits per heavy atom. The number of aliphatic hydroxyl groups is 1. The smallest absolute Gasteiger partial charge is 0.231 e. The number of amides is 1. The number of aliphatic hydroxyl groups excluding tert-OH is 1. The molecule has 206 valence electrons. The van der Waals surface area contributed by atoms with Crippen LogP contribution in [0.1, 0.15) is 54.2 Å². The first kappa shape index (κ1) is 27.5. The van der Waals surface area contributed by atoms with Crippen molar-refractivity contribution in [3.05, 3.63) is 120 Å². The number of benzene rings is 3. The molecule has 1 N–H and O–H groups in total. The molecule has 0 bridgehead atoms. The number of fused-ring (bicyclic) bond motifs is 1. The minimum Gasteiger partial charge on any atom is -0.395 e. The van der Waals surface area contributed by atoms with E-state index in [9.17, 15) is 9.90 Å². The zero-order valence-corrected chi connectivity index (χ0v) is 23.1. The van der Waals surface area contributed by atoms with Crippen LogP contribution in [0.4, 0.5) is 11.4 Å². The van der Waals surface area contributed by atoms with Gasteiger partial charge in [-0.2, -0.15) is 0 Å². The molecule has 0 aliphatic carbocycles. The first-order valence-corrected chi connectivity index (χ1v) is 13.8. The van der Waals surface area contributed by atoms with Crippen molar-refractivity contribution in [1.29, 1.82) is 0 Å². The Morgan fingerprint density at radius 3 is 2.48 bits per heavy atom. The standard InChI is InChI=1S/C33H36N4O3/c1-24(10-8-9-21-36-22-30(34-35-36)29(23-38)25-11-4-3-5-12-25)33(40-2)27-15-18-28(19-16-27)37-31-14-7-6-13-26(31)17-20-32(37)39/h3-8,10-16,18-19,22,24,29,33,38H,9,17,20-21,23H2,1-2H3/b10-8+/t24-,29?,33+/m0/s1. The Morgan fingerprint density at radius 2 is 1.73 bits per heavy atom. The molecule has 1 aliphatic rings. The van der Waals surface area contributed by atoms with Crippen molar-refractivity contribution in [3.63, 3.8) is 0 Å². The van der Waals surface area contributed by atoms with Crippen molar-refractivity contribution in [1.82, 2.24) is 15.0 Å². The summed E-state index contributed by atoms with van der Waals surface area (Å²) in [5, 5.41) is 18.5. The highest BCUT2D eigenvalue weighted by atomic mass is 16.5. The number of aromatic nitrogens is 3. The fraction of sp³-hybridized carbons (Fsp3) is 0.303. The van der Waals surface area contributed by atoms with E-state index in [1.165, 1.54) is 5.56 Å². The van der Waals surface area contributed by atoms with E-state index in [1.54, 1.807) is 7.11 Å². The lowest BCUT2D eigenvalue weighted by Gasteiger charge is -2.30. The molecule has 3 aromatic carbocycles. The quantitative estimate of drug-likeness (QED) is 0.239. The van der Waals surface area contributed by atoms with Gasteiger partial charge in [0.05, 0.1) is 30.0 Å². The highest BCUT2D eigenvalue weighted by molar-refractivity contribution is 6.03. The number of anilines is 2. The molecule has 4 aromatic rings. The number of para-hydroxylation sites is 1. The lowest BCUT2D eigenvalue weighted by atomic mass is 9.95. The zero-order valence-electron chi connectivity index (χ0n) is 23.1. The number of allylic oxidation sites excluding steroid dienone is 1. The van der Waals surface area contributed by atoms with Crippen LogP contribution in [0.25, 0.3) is 0 Å². The van der Waals surface area contributed by atoms with E-state index in [0.717, 1.165) is 41.0 Å². The van der Waals surface area contributed by atoms with E-state index >= 15 is 0 Å². The van der Waals surface area contributed by atoms with Crippen LogP contribution in [0.3, 0.4) is 0 Å². The van der Waals surface area contributed by atoms with Crippen molar-refractivity contribution in [3.8, 4) is 0 Å². The third-order valence-electron chi connectivity index (χ3n) is 7.56. The van der Waals surface area contributed by atoms with Gasteiger partial charge in [0.1, 0.15) is 0 Å². The first-order valence-electron chi connectivity index (χ1n) is 13.8. The van der Waals surface area contributed by atoms with Crippen LogP contribution in [-0.4, -0.2) is 39.7 Å². The second kappa shape index (κ2) is 12.9. The van der Waals surface area contributed by atoms with Crippen LogP contribution in [0, 0.1) is 5.92 Å². The van der Waals surface area contributed by atoms with Crippen LogP contribution < -0.4 is 4.90 Å². The number of hydrogen-bond acceptors (Lipinski definition) is 5. The zero-order chi connectivity index (χ0) is 27.9. The molecule has 1 aliphatic heterocycles. The summed E-state index contributed by atoms with van der Waals surface area (Å²) >= 11 is 0. The number of ether oxygens (including phenoxy) is 1. The Hall–Kier alpha value is -4.07. The molecule has 2 heterocycles. The van der Waals surface area contributed by atoms with E-state index in [2.05, 4.69) is 47.6 Å². The van der Waals surface area contributed by atoms with Crippen LogP contribution in [0.5, 0.6) is 0 Å². The Labute approximate surface area is 235 Å². The Kier molecular flexibility index (Phi) is 8.84. The minimum atomic E-state index is -0.179. The van der Waals surface area contributed by atoms with E-state index < -0.39 is 0 Å². The maximum Gasteiger partial charge on any atom is 0.231 e. The number of methoxy groups -OCH3 is 1. The lowest BCUT2D eigenvalue weighted by Crippen LogP contribution is -2.30. The average Bonchev–Trinajstić information content (AvgIpc) is 3.45. The summed E-state index contributed by atoms with van der Waals surface area (Å²) in [6.45, 7) is 2.82. The normalized spacial score (nSPS) is 15.7. The van der Waals surface area contributed by atoms with Crippen molar-refractivity contribution in [2.24, 2.45) is 5.92 Å². The molecule has 3 atom stereocenters. The molecule has 0 spiro atoms. The number of carbonyl (C=O) groups excluding carboxylic acids is 1. The molecule has 7 heteroatoms. The van der Waals surface area contributed by atoms with Crippen molar-refractivity contribution in [2.75, 3.05) is 18.6 Å². The molecular formula is C33H36N4O3. The number of aryl methyl sites for hydroxylation is 2. The monoisotopic (exact) mass is 536 g/mol. The van der Waals surface area contributed by atoms with Gasteiger partial charge in [0.2, 0.25) is 5.91 Å². The van der Waals surface area contributed by atoms with Gasteiger partial charge in [0, 0.05) is 37.9 Å². The highest BCUT2D eigenvalue weighted by Gasteiger charge is 2.26. The Balaban J connectivity index is 1.19. The van der Waals surface area contributed by atoms with E-state index in [4.69, 9.17) is 4.74 Å². The minimum absolute atomic E-state index is 0.0128. The number of carbonyl (C=O) groups is 1. The average molecular weight is 537 g/mol. The fourth-order valence-electron chi connectivity index (χ4n) is 5.43. The summed E-state index contributed by atoms with van der Waals surface area (Å²) in [6.07, 6.45) is 8.23. The van der Waals surface area contributed by atoms with Crippen LogP contribution in [-0.2, 0) is 22.5 Å². The molecule has 7 nitrogen and oxygen atoms in total. The van der Waals surface area contributed by atoms with Gasteiger partial charge in [0.25, 0.3) is 0 Å². The summed E-state index contributed by atoms with van der Waals surface area (Å²) in [5.74, 6) is 0.0935. The van der Waals surface area contributed by atoms with Crippen LogP contribution >= 0.6 is 0 Å². The van der Waals surface area contributed by atoms with Crippen molar-refractivity contribution < 1.29 is 14.6 Å². The predicted molar refractivity (Wildman–Crippen MR) is 156 cm³/mol. The molecule has 1 amide bonds. The molecular weight excluding hydrogens is 500 g/mol. The molecule has 1 aromatic heterocycles. The molecule has 0 radical (unpaired) electrons. The molecule has 0 saturated carbocycles. The van der Waals surface area contributed by atoms with E-state index in [0.29, 0.717) is 13.0 Å². The summed E-state index contributed by atoms with van der Waals surface area (Å²) in [4.78, 5) is 14.6. The summed E-state index contributed by atoms with van der Waals surface area (Å²) < 4.78 is 7.70. The van der Waals surface area contributed by atoms with E-state index in [-0.39, 0.29) is 30.5 Å². The SMILES string of the molecule is CO[C@@H](c1ccc(N2C(=O)CCc3ccccc32)cc1)[C@@H](C)/C=C/CCn1cc(C(CO)c2ccccc2)nn1. The van der Waals surface area contributed by atoms with Crippen molar-refractivity contribution in [2.45, 2.75) is 44.8 Å². The topological polar surface area (TPSA) is 80.5 Å². The maximum absolute atomic E-state index is 12.8. The lowest BCUT2D eigenvalue weighted by molar-refractivity contribution is -0.118. The first-order chi connectivity index (χ1) is 19.6. The van der Waals surface area contributed by atoms with Gasteiger partial charge in [-0.05, 0) is 47.7 Å². The van der Waals surface area contributed by atoms with Gasteiger partial charge in [-0.15, -0.1) is 5.10 Å². The van der Waals surface area contributed by atoms with Crippen molar-refractivity contribution >= 4 is 17.3 Å². The van der Waals surface area contributed by atoms with E-state index in [1.807, 2.05) is 76.4 Å². The Bertz CT molecular complexity index is 1430. The van der Waals surface area contributed by atoms with Gasteiger partial charge < -0.3 is 9.84 Å². The molecule has 5 rings (SSSR count). The molecule has 1 unspecified atom stereocenters. The fourth-order valence-corrected chi connectivity index (χ4v) is 5.43. The molecule has 0 saturated heterocycles. The van der Waals surface area contributed by atoms with Gasteiger partial charge in [0.15, 0.2) is 0 Å². The third-order valence-corrected chi connectivity index (χ3v) is 7.56. The summed E-state index contributed by atoms with van der Waals surface area (Å²) in [6, 6.07) is 26.1.